The van der Waals surface area contributed by atoms with Crippen molar-refractivity contribution in [1.29, 1.82) is 0 Å². The molecule has 1 fully saturated rings. The monoisotopic (exact) mass is 519 g/mol. The molecule has 4 rings (SSSR count). The summed E-state index contributed by atoms with van der Waals surface area (Å²) in [5.74, 6) is 1.81. The van der Waals surface area contributed by atoms with Crippen molar-refractivity contribution >= 4 is 40.7 Å². The molecule has 0 saturated carbocycles. The highest BCUT2D eigenvalue weighted by Crippen LogP contribution is 2.25. The largest absolute Gasteiger partial charge is 0.468 e. The summed E-state index contributed by atoms with van der Waals surface area (Å²) in [6, 6.07) is 14.6. The zero-order chi connectivity index (χ0) is 19.9. The van der Waals surface area contributed by atoms with Crippen LogP contribution in [0.4, 0.5) is 0 Å². The van der Waals surface area contributed by atoms with E-state index in [1.807, 2.05) is 30.5 Å². The number of benzene rings is 1. The van der Waals surface area contributed by atoms with Crippen LogP contribution < -0.4 is 10.6 Å². The molecule has 0 aliphatic carbocycles. The molecule has 3 aromatic rings. The van der Waals surface area contributed by atoms with Crippen LogP contribution in [0.15, 0.2) is 64.3 Å². The molecule has 30 heavy (non-hydrogen) atoms. The van der Waals surface area contributed by atoms with Gasteiger partial charge < -0.3 is 15.1 Å². The van der Waals surface area contributed by atoms with Crippen molar-refractivity contribution in [2.24, 2.45) is 4.99 Å². The summed E-state index contributed by atoms with van der Waals surface area (Å²) in [6.45, 7) is 6.40. The maximum atomic E-state index is 5.73. The fourth-order valence-electron chi connectivity index (χ4n) is 3.94. The van der Waals surface area contributed by atoms with Gasteiger partial charge in [0, 0.05) is 24.7 Å². The lowest BCUT2D eigenvalue weighted by molar-refractivity contribution is 0.215. The number of hydrogen-bond donors (Lipinski definition) is 2. The van der Waals surface area contributed by atoms with Gasteiger partial charge in [-0.25, -0.2) is 4.99 Å². The van der Waals surface area contributed by atoms with E-state index in [-0.39, 0.29) is 30.0 Å². The quantitative estimate of drug-likeness (QED) is 0.276. The van der Waals surface area contributed by atoms with Crippen molar-refractivity contribution in [1.82, 2.24) is 20.5 Å². The summed E-state index contributed by atoms with van der Waals surface area (Å²) < 4.78 is 5.73. The van der Waals surface area contributed by atoms with E-state index in [0.29, 0.717) is 6.54 Å². The summed E-state index contributed by atoms with van der Waals surface area (Å²) in [4.78, 5) is 11.8. The van der Waals surface area contributed by atoms with Crippen LogP contribution in [-0.2, 0) is 6.54 Å². The van der Waals surface area contributed by atoms with E-state index in [0.717, 1.165) is 49.0 Å². The molecule has 1 atom stereocenters. The zero-order valence-electron chi connectivity index (χ0n) is 17.4. The summed E-state index contributed by atoms with van der Waals surface area (Å²) in [7, 11) is 0. The smallest absolute Gasteiger partial charge is 0.191 e. The lowest BCUT2D eigenvalue weighted by Crippen LogP contribution is -2.42. The molecular weight excluding hydrogens is 489 g/mol. The van der Waals surface area contributed by atoms with Gasteiger partial charge in [-0.1, -0.05) is 24.3 Å². The zero-order valence-corrected chi connectivity index (χ0v) is 19.7. The minimum atomic E-state index is 0. The predicted molar refractivity (Wildman–Crippen MR) is 132 cm³/mol. The highest BCUT2D eigenvalue weighted by molar-refractivity contribution is 14.0. The Morgan fingerprint density at radius 2 is 1.97 bits per heavy atom. The summed E-state index contributed by atoms with van der Waals surface area (Å²) in [5, 5.41) is 9.21. The third-order valence-corrected chi connectivity index (χ3v) is 5.40. The Bertz CT molecular complexity index is 932. The number of aliphatic imine (C=N–C) groups is 1. The number of guanidine groups is 1. The van der Waals surface area contributed by atoms with Crippen LogP contribution in [0.3, 0.4) is 0 Å². The molecule has 1 aliphatic heterocycles. The molecule has 1 unspecified atom stereocenters. The standard InChI is InChI=1S/C23H29N5O.HI/c1-2-24-23(26-16-20-19-9-4-3-8-18(19)11-12-25-20)27-17-21(22-10-7-15-29-22)28-13-5-6-14-28;/h3-4,7-12,15,21H,2,5-6,13-14,16-17H2,1H3,(H2,24,26,27);1H. The number of rotatable bonds is 7. The van der Waals surface area contributed by atoms with Gasteiger partial charge in [-0.15, -0.1) is 24.0 Å². The van der Waals surface area contributed by atoms with Crippen LogP contribution in [0, 0.1) is 0 Å². The maximum absolute atomic E-state index is 5.73. The van der Waals surface area contributed by atoms with Gasteiger partial charge >= 0.3 is 0 Å². The second-order valence-corrected chi connectivity index (χ2v) is 7.33. The second-order valence-electron chi connectivity index (χ2n) is 7.33. The normalized spacial score (nSPS) is 15.7. The molecule has 7 heteroatoms. The van der Waals surface area contributed by atoms with E-state index in [4.69, 9.17) is 9.41 Å². The molecule has 0 radical (unpaired) electrons. The van der Waals surface area contributed by atoms with Crippen molar-refractivity contribution < 1.29 is 4.42 Å². The van der Waals surface area contributed by atoms with Gasteiger partial charge in [-0.05, 0) is 56.4 Å². The molecule has 1 aromatic carbocycles. The molecule has 2 N–H and O–H groups in total. The van der Waals surface area contributed by atoms with Crippen LogP contribution in [0.1, 0.15) is 37.3 Å². The Labute approximate surface area is 195 Å². The summed E-state index contributed by atoms with van der Waals surface area (Å²) in [6.07, 6.45) is 6.11. The fourth-order valence-corrected chi connectivity index (χ4v) is 3.94. The molecule has 0 amide bonds. The molecule has 160 valence electrons. The third kappa shape index (κ3) is 5.51. The molecule has 0 bridgehead atoms. The van der Waals surface area contributed by atoms with E-state index in [2.05, 4.69) is 45.6 Å². The summed E-state index contributed by atoms with van der Waals surface area (Å²) >= 11 is 0. The number of halogens is 1. The van der Waals surface area contributed by atoms with Crippen molar-refractivity contribution in [2.45, 2.75) is 32.4 Å². The van der Waals surface area contributed by atoms with E-state index in [1.54, 1.807) is 6.26 Å². The van der Waals surface area contributed by atoms with Crippen LogP contribution in [0.25, 0.3) is 10.8 Å². The first-order valence-corrected chi connectivity index (χ1v) is 10.5. The highest BCUT2D eigenvalue weighted by Gasteiger charge is 2.25. The molecular formula is C23H30IN5O. The highest BCUT2D eigenvalue weighted by atomic mass is 127. The number of aromatic nitrogens is 1. The van der Waals surface area contributed by atoms with Gasteiger partial charge in [-0.2, -0.15) is 0 Å². The van der Waals surface area contributed by atoms with Gasteiger partial charge in [0.2, 0.25) is 0 Å². The molecule has 0 spiro atoms. The predicted octanol–water partition coefficient (Wildman–Crippen LogP) is 4.34. The van der Waals surface area contributed by atoms with Crippen LogP contribution in [-0.4, -0.2) is 42.0 Å². The Morgan fingerprint density at radius 3 is 2.73 bits per heavy atom. The maximum Gasteiger partial charge on any atom is 0.191 e. The average molecular weight is 519 g/mol. The van der Waals surface area contributed by atoms with E-state index >= 15 is 0 Å². The molecule has 2 aromatic heterocycles. The topological polar surface area (TPSA) is 65.7 Å². The number of likely N-dealkylation sites (tertiary alicyclic amines) is 1. The van der Waals surface area contributed by atoms with Crippen molar-refractivity contribution in [3.05, 3.63) is 66.4 Å². The van der Waals surface area contributed by atoms with Gasteiger partial charge in [0.25, 0.3) is 0 Å². The van der Waals surface area contributed by atoms with Crippen LogP contribution >= 0.6 is 24.0 Å². The Kier molecular flexibility index (Phi) is 8.50. The van der Waals surface area contributed by atoms with Crippen molar-refractivity contribution in [3.8, 4) is 0 Å². The molecule has 3 heterocycles. The van der Waals surface area contributed by atoms with Gasteiger partial charge in [0.15, 0.2) is 5.96 Å². The van der Waals surface area contributed by atoms with E-state index in [1.165, 1.54) is 18.2 Å². The Hall–Kier alpha value is -2.13. The molecule has 1 aliphatic rings. The number of fused-ring (bicyclic) bond motifs is 1. The lowest BCUT2D eigenvalue weighted by Gasteiger charge is -2.26. The number of nitrogens with one attached hydrogen (secondary N) is 2. The minimum Gasteiger partial charge on any atom is -0.468 e. The van der Waals surface area contributed by atoms with Gasteiger partial charge in [-0.3, -0.25) is 9.88 Å². The average Bonchev–Trinajstić information content (AvgIpc) is 3.47. The first kappa shape index (κ1) is 22.6. The van der Waals surface area contributed by atoms with E-state index in [9.17, 15) is 0 Å². The molecule has 6 nitrogen and oxygen atoms in total. The third-order valence-electron chi connectivity index (χ3n) is 5.40. The van der Waals surface area contributed by atoms with Gasteiger partial charge in [0.05, 0.1) is 24.5 Å². The minimum absolute atomic E-state index is 0. The first-order chi connectivity index (χ1) is 14.3. The fraction of sp³-hybridized carbons (Fsp3) is 0.391. The number of furan rings is 1. The summed E-state index contributed by atoms with van der Waals surface area (Å²) in [5.41, 5.74) is 0.988. The SMILES string of the molecule is CCNC(=NCc1nccc2ccccc12)NCC(c1ccco1)N1CCCC1.I. The van der Waals surface area contributed by atoms with Crippen LogP contribution in [0.2, 0.25) is 0 Å². The molecule has 1 saturated heterocycles. The van der Waals surface area contributed by atoms with Gasteiger partial charge in [0.1, 0.15) is 5.76 Å². The van der Waals surface area contributed by atoms with E-state index < -0.39 is 0 Å². The Balaban J connectivity index is 0.00000256. The van der Waals surface area contributed by atoms with Crippen molar-refractivity contribution in [2.75, 3.05) is 26.2 Å². The number of nitrogens with zero attached hydrogens (tertiary/aromatic N) is 3. The van der Waals surface area contributed by atoms with Crippen molar-refractivity contribution in [3.63, 3.8) is 0 Å². The number of pyridine rings is 1. The lowest BCUT2D eigenvalue weighted by atomic mass is 10.1. The number of hydrogen-bond acceptors (Lipinski definition) is 4. The van der Waals surface area contributed by atoms with Crippen LogP contribution in [0.5, 0.6) is 0 Å². The first-order valence-electron chi connectivity index (χ1n) is 10.5. The Morgan fingerprint density at radius 1 is 1.13 bits per heavy atom. The second kappa shape index (κ2) is 11.3.